The minimum Gasteiger partial charge on any atom is -0.376 e. The smallest absolute Gasteiger partial charge is 0.314 e. The van der Waals surface area contributed by atoms with E-state index in [2.05, 4.69) is 51.8 Å². The van der Waals surface area contributed by atoms with Gasteiger partial charge in [-0.3, -0.25) is 15.0 Å². The summed E-state index contributed by atoms with van der Waals surface area (Å²) < 4.78 is 1.08. The minimum atomic E-state index is -1.10. The molecule has 5 N–H and O–H groups in total. The quantitative estimate of drug-likeness (QED) is 0.141. The van der Waals surface area contributed by atoms with Crippen LogP contribution < -0.4 is 21.3 Å². The molecule has 1 aliphatic rings. The molecule has 1 unspecified atom stereocenters. The van der Waals surface area contributed by atoms with Gasteiger partial charge in [0, 0.05) is 62.8 Å². The number of carbonyl (C=O) groups is 2. The molecule has 2 aromatic carbocycles. The highest BCUT2D eigenvalue weighted by atomic mass is 32.2. The second-order valence-electron chi connectivity index (χ2n) is 10.5. The summed E-state index contributed by atoms with van der Waals surface area (Å²) >= 11 is 3.49. The van der Waals surface area contributed by atoms with Gasteiger partial charge in [0.1, 0.15) is 6.23 Å². The van der Waals surface area contributed by atoms with Crippen molar-refractivity contribution in [2.24, 2.45) is 0 Å². The number of aliphatic hydroxyl groups is 1. The zero-order chi connectivity index (χ0) is 29.9. The lowest BCUT2D eigenvalue weighted by molar-refractivity contribution is -0.117. The van der Waals surface area contributed by atoms with Crippen LogP contribution in [0.25, 0.3) is 10.2 Å². The molecule has 1 aliphatic heterocycles. The Morgan fingerprint density at radius 3 is 2.57 bits per heavy atom. The van der Waals surface area contributed by atoms with Crippen LogP contribution in [0, 0.1) is 0 Å². The van der Waals surface area contributed by atoms with Crippen molar-refractivity contribution in [1.29, 1.82) is 0 Å². The van der Waals surface area contributed by atoms with Crippen LogP contribution in [0.15, 0.2) is 60.7 Å². The van der Waals surface area contributed by atoms with E-state index < -0.39 is 18.3 Å². The van der Waals surface area contributed by atoms with Crippen LogP contribution in [0.3, 0.4) is 0 Å². The van der Waals surface area contributed by atoms with Crippen LogP contribution in [0.2, 0.25) is 0 Å². The Kier molecular flexibility index (Phi) is 12.2. The Morgan fingerprint density at radius 1 is 1.10 bits per heavy atom. The van der Waals surface area contributed by atoms with Gasteiger partial charge >= 0.3 is 6.03 Å². The number of nitrogens with one attached hydrogen (secondary N) is 4. The molecule has 1 aromatic heterocycles. The van der Waals surface area contributed by atoms with Gasteiger partial charge in [-0.05, 0) is 36.1 Å². The van der Waals surface area contributed by atoms with Gasteiger partial charge in [-0.1, -0.05) is 49.9 Å². The number of aromatic nitrogens is 1. The van der Waals surface area contributed by atoms with Crippen molar-refractivity contribution < 1.29 is 14.7 Å². The van der Waals surface area contributed by atoms with E-state index in [-0.39, 0.29) is 18.5 Å². The third kappa shape index (κ3) is 9.53. The summed E-state index contributed by atoms with van der Waals surface area (Å²) in [6.45, 7) is 8.88. The molecule has 1 fully saturated rings. The maximum absolute atomic E-state index is 12.9. The molecule has 0 aliphatic carbocycles. The van der Waals surface area contributed by atoms with E-state index in [4.69, 9.17) is 4.98 Å². The molecule has 0 saturated carbocycles. The van der Waals surface area contributed by atoms with E-state index in [1.807, 2.05) is 48.2 Å². The monoisotopic (exact) mass is 610 g/mol. The molecule has 1 saturated heterocycles. The Labute approximate surface area is 256 Å². The SMILES string of the molecule is C=C(CN1CCSCC1)C(=O)NC[C@H](Cc1ccccc1)NC(O)[C@H](Cc1nc2ccc(CC)cc2s1)NC(=O)NC. The number of carbonyl (C=O) groups excluding carboxylic acids is 2. The zero-order valence-corrected chi connectivity index (χ0v) is 26.0. The van der Waals surface area contributed by atoms with Crippen LogP contribution in [-0.2, 0) is 24.1 Å². The van der Waals surface area contributed by atoms with E-state index >= 15 is 0 Å². The molecule has 3 aromatic rings. The molecule has 3 atom stereocenters. The summed E-state index contributed by atoms with van der Waals surface area (Å²) in [5.41, 5.74) is 3.74. The molecule has 226 valence electrons. The fraction of sp³-hybridized carbons (Fsp3) is 0.452. The molecule has 0 radical (unpaired) electrons. The summed E-state index contributed by atoms with van der Waals surface area (Å²) in [4.78, 5) is 32.3. The molecule has 42 heavy (non-hydrogen) atoms. The summed E-state index contributed by atoms with van der Waals surface area (Å²) in [7, 11) is 1.54. The van der Waals surface area contributed by atoms with Crippen LogP contribution in [0.1, 0.15) is 23.1 Å². The van der Waals surface area contributed by atoms with E-state index in [9.17, 15) is 14.7 Å². The van der Waals surface area contributed by atoms with E-state index in [1.54, 1.807) is 18.4 Å². The van der Waals surface area contributed by atoms with Crippen LogP contribution in [-0.4, -0.2) is 90.0 Å². The van der Waals surface area contributed by atoms with Gasteiger partial charge < -0.3 is 21.1 Å². The topological polar surface area (TPSA) is 119 Å². The van der Waals surface area contributed by atoms with E-state index in [1.165, 1.54) is 5.56 Å². The van der Waals surface area contributed by atoms with Gasteiger partial charge in [-0.25, -0.2) is 9.78 Å². The number of benzene rings is 2. The largest absolute Gasteiger partial charge is 0.376 e. The summed E-state index contributed by atoms with van der Waals surface area (Å²) in [6, 6.07) is 14.8. The van der Waals surface area contributed by atoms with Gasteiger partial charge in [0.25, 0.3) is 0 Å². The number of aryl methyl sites for hydroxylation is 1. The number of amides is 3. The number of urea groups is 1. The normalized spacial score (nSPS) is 16.0. The highest BCUT2D eigenvalue weighted by molar-refractivity contribution is 7.99. The molecule has 3 amide bonds. The van der Waals surface area contributed by atoms with Crippen LogP contribution in [0.5, 0.6) is 0 Å². The maximum Gasteiger partial charge on any atom is 0.314 e. The zero-order valence-electron chi connectivity index (χ0n) is 24.4. The predicted octanol–water partition coefficient (Wildman–Crippen LogP) is 2.94. The van der Waals surface area contributed by atoms with Gasteiger partial charge in [0.05, 0.1) is 21.3 Å². The van der Waals surface area contributed by atoms with Crippen molar-refractivity contribution in [3.63, 3.8) is 0 Å². The molecular formula is C31H42N6O3S2. The number of hydrogen-bond donors (Lipinski definition) is 5. The molecule has 0 spiro atoms. The van der Waals surface area contributed by atoms with Crippen molar-refractivity contribution in [2.45, 2.75) is 44.5 Å². The summed E-state index contributed by atoms with van der Waals surface area (Å²) in [5.74, 6) is 1.94. The Bertz CT molecular complexity index is 1330. The Hall–Kier alpha value is -2.96. The van der Waals surface area contributed by atoms with Gasteiger partial charge in [0.2, 0.25) is 5.91 Å². The molecule has 9 nitrogen and oxygen atoms in total. The molecule has 2 heterocycles. The van der Waals surface area contributed by atoms with E-state index in [0.717, 1.165) is 51.8 Å². The number of thioether (sulfide) groups is 1. The summed E-state index contributed by atoms with van der Waals surface area (Å²) in [5, 5.41) is 24.0. The first-order valence-electron chi connectivity index (χ1n) is 14.4. The lowest BCUT2D eigenvalue weighted by Crippen LogP contribution is -2.57. The molecule has 0 bridgehead atoms. The van der Waals surface area contributed by atoms with E-state index in [0.29, 0.717) is 25.0 Å². The number of thiazole rings is 1. The molecule has 4 rings (SSSR count). The Balaban J connectivity index is 1.44. The first-order valence-corrected chi connectivity index (χ1v) is 16.4. The summed E-state index contributed by atoms with van der Waals surface area (Å²) in [6.07, 6.45) is 0.760. The minimum absolute atomic E-state index is 0.191. The highest BCUT2D eigenvalue weighted by Crippen LogP contribution is 2.25. The Morgan fingerprint density at radius 2 is 1.86 bits per heavy atom. The number of aliphatic hydroxyl groups excluding tert-OH is 1. The lowest BCUT2D eigenvalue weighted by atomic mass is 10.0. The van der Waals surface area contributed by atoms with Gasteiger partial charge in [-0.15, -0.1) is 11.3 Å². The van der Waals surface area contributed by atoms with Crippen LogP contribution in [0.4, 0.5) is 4.79 Å². The second-order valence-corrected chi connectivity index (χ2v) is 12.8. The number of nitrogens with zero attached hydrogens (tertiary/aromatic N) is 2. The number of rotatable bonds is 14. The first kappa shape index (κ1) is 32.0. The van der Waals surface area contributed by atoms with Gasteiger partial charge in [-0.2, -0.15) is 11.8 Å². The van der Waals surface area contributed by atoms with Gasteiger partial charge in [0.15, 0.2) is 0 Å². The number of fused-ring (bicyclic) bond motifs is 1. The third-order valence-corrected chi connectivity index (χ3v) is 9.29. The first-order chi connectivity index (χ1) is 20.3. The maximum atomic E-state index is 12.9. The van der Waals surface area contributed by atoms with Crippen molar-refractivity contribution in [2.75, 3.05) is 44.7 Å². The standard InChI is InChI=1S/C31H42N6O3S2/c1-4-22-10-11-25-27(17-22)42-28(35-25)18-26(36-31(40)32-3)30(39)34-24(16-23-8-6-5-7-9-23)19-33-29(38)21(2)20-37-12-14-41-15-13-37/h5-11,17,24,26,30,34,39H,2,4,12-16,18-20H2,1,3H3,(H,33,38)(H2,32,36,40)/t24-,26-,30?/m0/s1. The van der Waals surface area contributed by atoms with Crippen molar-refractivity contribution >= 4 is 45.3 Å². The highest BCUT2D eigenvalue weighted by Gasteiger charge is 2.26. The average Bonchev–Trinajstić information content (AvgIpc) is 3.41. The molecule has 11 heteroatoms. The fourth-order valence-electron chi connectivity index (χ4n) is 4.88. The predicted molar refractivity (Wildman–Crippen MR) is 173 cm³/mol. The van der Waals surface area contributed by atoms with Crippen molar-refractivity contribution in [1.82, 2.24) is 31.2 Å². The number of hydrogen-bond acceptors (Lipinski definition) is 8. The van der Waals surface area contributed by atoms with Crippen LogP contribution >= 0.6 is 23.1 Å². The lowest BCUT2D eigenvalue weighted by Gasteiger charge is -2.29. The second kappa shape index (κ2) is 16.0. The fourth-order valence-corrected chi connectivity index (χ4v) is 6.95. The van der Waals surface area contributed by atoms with Crippen molar-refractivity contribution in [3.05, 3.63) is 76.8 Å². The average molecular weight is 611 g/mol. The molecular weight excluding hydrogens is 569 g/mol. The van der Waals surface area contributed by atoms with Crippen molar-refractivity contribution in [3.8, 4) is 0 Å². The third-order valence-electron chi connectivity index (χ3n) is 7.30.